The largest absolute Gasteiger partial charge is 0.495 e. The zero-order valence-electron chi connectivity index (χ0n) is 25.9. The fraction of sp³-hybridized carbons (Fsp3) is 0.250. The molecule has 1 saturated heterocycles. The monoisotopic (exact) mass is 657 g/mol. The lowest BCUT2D eigenvalue weighted by molar-refractivity contribution is -0.135. The van der Waals surface area contributed by atoms with Crippen molar-refractivity contribution in [3.63, 3.8) is 0 Å². The fourth-order valence-corrected chi connectivity index (χ4v) is 5.71. The van der Waals surface area contributed by atoms with E-state index in [2.05, 4.69) is 10.6 Å². The molecule has 5 rings (SSSR count). The van der Waals surface area contributed by atoms with Crippen LogP contribution in [0.1, 0.15) is 34.3 Å². The number of methoxy groups -OCH3 is 1. The Morgan fingerprint density at radius 1 is 0.830 bits per heavy atom. The minimum Gasteiger partial charge on any atom is -0.495 e. The van der Waals surface area contributed by atoms with Gasteiger partial charge in [0.2, 0.25) is 5.91 Å². The van der Waals surface area contributed by atoms with E-state index in [-0.39, 0.29) is 36.6 Å². The molecule has 3 amide bonds. The van der Waals surface area contributed by atoms with Crippen LogP contribution >= 0.6 is 11.6 Å². The second kappa shape index (κ2) is 16.0. The van der Waals surface area contributed by atoms with Crippen LogP contribution in [0.15, 0.2) is 97.1 Å². The summed E-state index contributed by atoms with van der Waals surface area (Å²) in [4.78, 5) is 39.6. The second-order valence-electron chi connectivity index (χ2n) is 11.1. The molecule has 1 heterocycles. The highest BCUT2D eigenvalue weighted by Crippen LogP contribution is 2.30. The first-order chi connectivity index (χ1) is 22.8. The molecule has 2 atom stereocenters. The molecule has 4 aromatic carbocycles. The summed E-state index contributed by atoms with van der Waals surface area (Å²) in [6.45, 7) is 1.06. The molecule has 2 unspecified atom stereocenters. The quantitative estimate of drug-likeness (QED) is 0.143. The minimum absolute atomic E-state index is 0.0927. The highest BCUT2D eigenvalue weighted by molar-refractivity contribution is 6.33. The fourth-order valence-electron chi connectivity index (χ4n) is 5.52. The summed E-state index contributed by atoms with van der Waals surface area (Å²) in [6, 6.07) is 27.3. The van der Waals surface area contributed by atoms with E-state index in [1.54, 1.807) is 54.6 Å². The van der Waals surface area contributed by atoms with Crippen LogP contribution in [0.25, 0.3) is 0 Å². The van der Waals surface area contributed by atoms with Gasteiger partial charge in [-0.05, 0) is 72.5 Å². The van der Waals surface area contributed by atoms with E-state index in [9.17, 15) is 19.5 Å². The molecule has 1 aliphatic heterocycles. The number of benzene rings is 4. The van der Waals surface area contributed by atoms with E-state index in [1.165, 1.54) is 19.2 Å². The number of ether oxygens (including phenoxy) is 3. The van der Waals surface area contributed by atoms with Crippen molar-refractivity contribution in [3.05, 3.63) is 119 Å². The third-order valence-corrected chi connectivity index (χ3v) is 8.19. The summed E-state index contributed by atoms with van der Waals surface area (Å²) in [5.41, 5.74) is 2.83. The van der Waals surface area contributed by atoms with Gasteiger partial charge in [-0.25, -0.2) is 9.59 Å². The Kier molecular flexibility index (Phi) is 11.3. The number of para-hydroxylation sites is 1. The van der Waals surface area contributed by atoms with Crippen LogP contribution in [0.3, 0.4) is 0 Å². The molecule has 0 aliphatic carbocycles. The third kappa shape index (κ3) is 9.02. The maximum Gasteiger partial charge on any atom is 0.335 e. The lowest BCUT2D eigenvalue weighted by Gasteiger charge is -2.30. The maximum atomic E-state index is 13.9. The predicted molar refractivity (Wildman–Crippen MR) is 179 cm³/mol. The number of aromatic carboxylic acids is 1. The van der Waals surface area contributed by atoms with Crippen LogP contribution in [0, 0.1) is 0 Å². The number of urea groups is 1. The number of carboxylic acid groups (broad SMARTS) is 1. The molecule has 47 heavy (non-hydrogen) atoms. The second-order valence-corrected chi connectivity index (χ2v) is 11.5. The van der Waals surface area contributed by atoms with E-state index in [1.807, 2.05) is 35.2 Å². The number of likely N-dealkylation sites (tertiary alicyclic amines) is 1. The van der Waals surface area contributed by atoms with Crippen molar-refractivity contribution in [1.29, 1.82) is 0 Å². The maximum absolute atomic E-state index is 13.9. The summed E-state index contributed by atoms with van der Waals surface area (Å²) in [5.74, 6) is -0.177. The molecule has 0 radical (unpaired) electrons. The first-order valence-corrected chi connectivity index (χ1v) is 15.6. The van der Waals surface area contributed by atoms with Crippen molar-refractivity contribution >= 4 is 40.9 Å². The summed E-state index contributed by atoms with van der Waals surface area (Å²) in [7, 11) is 1.50. The highest BCUT2D eigenvalue weighted by Gasteiger charge is 2.37. The number of hydrogen-bond donors (Lipinski definition) is 3. The number of halogens is 1. The van der Waals surface area contributed by atoms with Crippen LogP contribution in [-0.4, -0.2) is 60.3 Å². The van der Waals surface area contributed by atoms with Gasteiger partial charge < -0.3 is 34.9 Å². The number of hydrogen-bond acceptors (Lipinski definition) is 6. The zero-order valence-corrected chi connectivity index (χ0v) is 26.6. The molecule has 1 aliphatic rings. The Bertz CT molecular complexity index is 1680. The van der Waals surface area contributed by atoms with Gasteiger partial charge in [-0.1, -0.05) is 60.1 Å². The Morgan fingerprint density at radius 2 is 1.51 bits per heavy atom. The van der Waals surface area contributed by atoms with Gasteiger partial charge in [0.25, 0.3) is 0 Å². The molecule has 1 fully saturated rings. The average Bonchev–Trinajstić information content (AvgIpc) is 3.49. The molecule has 0 saturated carbocycles. The Balaban J connectivity index is 1.26. The molecule has 4 aromatic rings. The number of carbonyl (C=O) groups is 3. The van der Waals surface area contributed by atoms with E-state index in [0.717, 1.165) is 18.4 Å². The molecule has 11 heteroatoms. The van der Waals surface area contributed by atoms with Crippen LogP contribution < -0.4 is 20.1 Å². The van der Waals surface area contributed by atoms with Crippen molar-refractivity contribution in [2.24, 2.45) is 0 Å². The summed E-state index contributed by atoms with van der Waals surface area (Å²) >= 11 is 6.16. The number of rotatable bonds is 13. The van der Waals surface area contributed by atoms with Crippen LogP contribution in [0.2, 0.25) is 5.02 Å². The number of carboxylic acids is 1. The smallest absolute Gasteiger partial charge is 0.335 e. The molecular formula is C36H36ClN3O7. The van der Waals surface area contributed by atoms with Gasteiger partial charge in [0.1, 0.15) is 18.1 Å². The Morgan fingerprint density at radius 3 is 2.21 bits per heavy atom. The summed E-state index contributed by atoms with van der Waals surface area (Å²) in [5, 5.41) is 15.1. The van der Waals surface area contributed by atoms with Gasteiger partial charge in [-0.3, -0.25) is 4.79 Å². The van der Waals surface area contributed by atoms with Gasteiger partial charge >= 0.3 is 12.0 Å². The minimum atomic E-state index is -1.01. The van der Waals surface area contributed by atoms with Crippen LogP contribution in [-0.2, 0) is 22.6 Å². The van der Waals surface area contributed by atoms with Gasteiger partial charge in [0, 0.05) is 0 Å². The highest BCUT2D eigenvalue weighted by atomic mass is 35.5. The van der Waals surface area contributed by atoms with Crippen molar-refractivity contribution < 1.29 is 33.7 Å². The van der Waals surface area contributed by atoms with E-state index in [4.69, 9.17) is 25.8 Å². The number of nitrogens with one attached hydrogen (secondary N) is 2. The Hall–Kier alpha value is -5.06. The first-order valence-electron chi connectivity index (χ1n) is 15.2. The predicted octanol–water partition coefficient (Wildman–Crippen LogP) is 6.89. The van der Waals surface area contributed by atoms with E-state index >= 15 is 0 Å². The molecule has 0 spiro atoms. The summed E-state index contributed by atoms with van der Waals surface area (Å²) in [6.07, 6.45) is 1.58. The van der Waals surface area contributed by atoms with Crippen LogP contribution in [0.5, 0.6) is 11.5 Å². The Labute approximate surface area is 278 Å². The van der Waals surface area contributed by atoms with Crippen molar-refractivity contribution in [2.45, 2.75) is 38.0 Å². The SMILES string of the molecule is COc1cc(CC(=O)N2C(COCc3ccccc3)CCC2COc2ccc(C(=O)O)cc2)ccc1NC(=O)Nc1ccccc1Cl. The number of nitrogens with zero attached hydrogens (tertiary/aromatic N) is 1. The van der Waals surface area contributed by atoms with Crippen LogP contribution in [0.4, 0.5) is 16.2 Å². The van der Waals surface area contributed by atoms with Gasteiger partial charge in [0.15, 0.2) is 0 Å². The zero-order chi connectivity index (χ0) is 33.2. The lowest BCUT2D eigenvalue weighted by atomic mass is 10.1. The van der Waals surface area contributed by atoms with Gasteiger partial charge in [-0.2, -0.15) is 0 Å². The first kappa shape index (κ1) is 33.3. The number of anilines is 2. The topological polar surface area (TPSA) is 126 Å². The van der Waals surface area contributed by atoms with E-state index in [0.29, 0.717) is 46.7 Å². The van der Waals surface area contributed by atoms with Crippen molar-refractivity contribution in [3.8, 4) is 11.5 Å². The lowest BCUT2D eigenvalue weighted by Crippen LogP contribution is -2.46. The molecule has 0 aromatic heterocycles. The van der Waals surface area contributed by atoms with Crippen molar-refractivity contribution in [2.75, 3.05) is 31.0 Å². The average molecular weight is 658 g/mol. The van der Waals surface area contributed by atoms with Gasteiger partial charge in [-0.15, -0.1) is 0 Å². The third-order valence-electron chi connectivity index (χ3n) is 7.86. The summed E-state index contributed by atoms with van der Waals surface area (Å²) < 4.78 is 17.6. The molecule has 0 bridgehead atoms. The number of amides is 3. The molecule has 3 N–H and O–H groups in total. The van der Waals surface area contributed by atoms with Gasteiger partial charge in [0.05, 0.1) is 60.8 Å². The normalized spacial score (nSPS) is 15.6. The van der Waals surface area contributed by atoms with Crippen molar-refractivity contribution in [1.82, 2.24) is 4.90 Å². The molecule has 244 valence electrons. The van der Waals surface area contributed by atoms with E-state index < -0.39 is 12.0 Å². The number of carbonyl (C=O) groups excluding carboxylic acids is 2. The standard InChI is InChI=1S/C36H36ClN3O7/c1-45-33-19-25(11-18-32(33)39-36(44)38-31-10-6-5-9-30(31)37)20-34(41)40-27(22-46-21-24-7-3-2-4-8-24)14-15-28(40)23-47-29-16-12-26(13-17-29)35(42)43/h2-13,16-19,27-28H,14-15,20-23H2,1H3,(H,42,43)(H2,38,39,44). The molecule has 10 nitrogen and oxygen atoms in total. The molecular weight excluding hydrogens is 622 g/mol.